The number of nitrogens with one attached hydrogen (secondary N) is 1. The van der Waals surface area contributed by atoms with E-state index in [9.17, 15) is 0 Å². The Hall–Kier alpha value is -0.930. The second-order valence-electron chi connectivity index (χ2n) is 4.93. The first-order chi connectivity index (χ1) is 8.61. The molecule has 18 heavy (non-hydrogen) atoms. The summed E-state index contributed by atoms with van der Waals surface area (Å²) in [5.41, 5.74) is 2.24. The minimum absolute atomic E-state index is 0.494. The number of ether oxygens (including phenoxy) is 1. The Morgan fingerprint density at radius 2 is 2.22 bits per heavy atom. The van der Waals surface area contributed by atoms with E-state index in [-0.39, 0.29) is 0 Å². The van der Waals surface area contributed by atoms with Gasteiger partial charge in [0.2, 0.25) is 0 Å². The highest BCUT2D eigenvalue weighted by Crippen LogP contribution is 2.34. The minimum Gasteiger partial charge on any atom is -0.495 e. The summed E-state index contributed by atoms with van der Waals surface area (Å²) < 4.78 is 5.46. The molecule has 100 valence electrons. The van der Waals surface area contributed by atoms with E-state index in [0.29, 0.717) is 6.04 Å². The Labute approximate surface area is 114 Å². The van der Waals surface area contributed by atoms with Gasteiger partial charge in [-0.1, -0.05) is 11.6 Å². The van der Waals surface area contributed by atoms with Crippen molar-refractivity contribution in [3.63, 3.8) is 0 Å². The first-order valence-electron chi connectivity index (χ1n) is 6.44. The zero-order chi connectivity index (χ0) is 13.1. The van der Waals surface area contributed by atoms with Gasteiger partial charge in [-0.3, -0.25) is 0 Å². The number of benzene rings is 1. The van der Waals surface area contributed by atoms with Crippen molar-refractivity contribution in [2.45, 2.75) is 26.3 Å². The number of nitrogens with zero attached hydrogens (tertiary/aromatic N) is 1. The van der Waals surface area contributed by atoms with E-state index < -0.39 is 0 Å². The van der Waals surface area contributed by atoms with Crippen LogP contribution in [0.1, 0.15) is 18.9 Å². The van der Waals surface area contributed by atoms with Crippen LogP contribution in [-0.2, 0) is 0 Å². The summed E-state index contributed by atoms with van der Waals surface area (Å²) in [7, 11) is 1.70. The monoisotopic (exact) mass is 268 g/mol. The van der Waals surface area contributed by atoms with Crippen molar-refractivity contribution in [2.24, 2.45) is 0 Å². The van der Waals surface area contributed by atoms with E-state index >= 15 is 0 Å². The Balaban J connectivity index is 2.33. The molecule has 1 aliphatic heterocycles. The SMILES string of the molecule is COc1cc(Cl)c(C)cc1N1CCCNC(C)C1. The molecule has 2 rings (SSSR count). The lowest BCUT2D eigenvalue weighted by atomic mass is 10.1. The first-order valence-corrected chi connectivity index (χ1v) is 6.82. The molecule has 1 aliphatic rings. The van der Waals surface area contributed by atoms with Gasteiger partial charge in [-0.15, -0.1) is 0 Å². The fourth-order valence-electron chi connectivity index (χ4n) is 2.38. The van der Waals surface area contributed by atoms with Gasteiger partial charge >= 0.3 is 0 Å². The lowest BCUT2D eigenvalue weighted by Crippen LogP contribution is -2.35. The van der Waals surface area contributed by atoms with Crippen LogP contribution in [0.3, 0.4) is 0 Å². The summed E-state index contributed by atoms with van der Waals surface area (Å²) in [6.45, 7) is 7.37. The van der Waals surface area contributed by atoms with E-state index in [1.807, 2.05) is 13.0 Å². The first kappa shape index (κ1) is 13.5. The third kappa shape index (κ3) is 2.90. The summed E-state index contributed by atoms with van der Waals surface area (Å²) in [6.07, 6.45) is 1.15. The molecule has 1 heterocycles. The molecule has 0 aliphatic carbocycles. The number of anilines is 1. The molecule has 0 aromatic heterocycles. The van der Waals surface area contributed by atoms with Crippen molar-refractivity contribution in [3.8, 4) is 5.75 Å². The van der Waals surface area contributed by atoms with Crippen LogP contribution < -0.4 is 15.0 Å². The van der Waals surface area contributed by atoms with E-state index in [0.717, 1.165) is 48.1 Å². The number of hydrogen-bond donors (Lipinski definition) is 1. The molecule has 1 aromatic carbocycles. The number of hydrogen-bond acceptors (Lipinski definition) is 3. The molecule has 0 radical (unpaired) electrons. The van der Waals surface area contributed by atoms with Crippen molar-refractivity contribution in [2.75, 3.05) is 31.6 Å². The van der Waals surface area contributed by atoms with Crippen LogP contribution in [0.5, 0.6) is 5.75 Å². The summed E-state index contributed by atoms with van der Waals surface area (Å²) >= 11 is 6.15. The maximum Gasteiger partial charge on any atom is 0.143 e. The van der Waals surface area contributed by atoms with Gasteiger partial charge in [-0.25, -0.2) is 0 Å². The van der Waals surface area contributed by atoms with Gasteiger partial charge < -0.3 is 15.0 Å². The van der Waals surface area contributed by atoms with Crippen LogP contribution in [0, 0.1) is 6.92 Å². The fraction of sp³-hybridized carbons (Fsp3) is 0.571. The van der Waals surface area contributed by atoms with E-state index in [1.165, 1.54) is 0 Å². The smallest absolute Gasteiger partial charge is 0.143 e. The molecular formula is C14H21ClN2O. The van der Waals surface area contributed by atoms with Crippen LogP contribution >= 0.6 is 11.6 Å². The normalized spacial score (nSPS) is 20.7. The Kier molecular flexibility index (Phi) is 4.36. The lowest BCUT2D eigenvalue weighted by Gasteiger charge is -2.27. The van der Waals surface area contributed by atoms with Crippen molar-refractivity contribution < 1.29 is 4.74 Å². The standard InChI is InChI=1S/C14H21ClN2O/c1-10-7-13(14(18-3)8-12(10)15)17-6-4-5-16-11(2)9-17/h7-8,11,16H,4-6,9H2,1-3H3. The van der Waals surface area contributed by atoms with Crippen molar-refractivity contribution in [1.82, 2.24) is 5.32 Å². The third-order valence-electron chi connectivity index (χ3n) is 3.39. The summed E-state index contributed by atoms with van der Waals surface area (Å²) in [4.78, 5) is 2.38. The van der Waals surface area contributed by atoms with Gasteiger partial charge in [0.15, 0.2) is 0 Å². The van der Waals surface area contributed by atoms with Gasteiger partial charge in [0.25, 0.3) is 0 Å². The third-order valence-corrected chi connectivity index (χ3v) is 3.80. The second kappa shape index (κ2) is 5.81. The Bertz CT molecular complexity index is 423. The van der Waals surface area contributed by atoms with Gasteiger partial charge in [0.05, 0.1) is 12.8 Å². The van der Waals surface area contributed by atoms with Gasteiger partial charge in [0, 0.05) is 30.2 Å². The van der Waals surface area contributed by atoms with Gasteiger partial charge in [-0.05, 0) is 38.4 Å². The maximum atomic E-state index is 6.15. The topological polar surface area (TPSA) is 24.5 Å². The average molecular weight is 269 g/mol. The molecule has 1 unspecified atom stereocenters. The van der Waals surface area contributed by atoms with Crippen molar-refractivity contribution >= 4 is 17.3 Å². The van der Waals surface area contributed by atoms with Crippen LogP contribution in [0.4, 0.5) is 5.69 Å². The predicted molar refractivity (Wildman–Crippen MR) is 77.0 cm³/mol. The molecule has 0 amide bonds. The molecule has 1 aromatic rings. The fourth-order valence-corrected chi connectivity index (χ4v) is 2.54. The van der Waals surface area contributed by atoms with E-state index in [1.54, 1.807) is 7.11 Å². The highest BCUT2D eigenvalue weighted by Gasteiger charge is 2.18. The molecule has 0 spiro atoms. The maximum absolute atomic E-state index is 6.15. The largest absolute Gasteiger partial charge is 0.495 e. The summed E-state index contributed by atoms with van der Waals surface area (Å²) in [6, 6.07) is 4.53. The van der Waals surface area contributed by atoms with Gasteiger partial charge in [0.1, 0.15) is 5.75 Å². The molecule has 3 nitrogen and oxygen atoms in total. The molecule has 1 fully saturated rings. The molecule has 4 heteroatoms. The predicted octanol–water partition coefficient (Wildman–Crippen LogP) is 2.85. The van der Waals surface area contributed by atoms with Crippen LogP contribution in [0.25, 0.3) is 0 Å². The number of methoxy groups -OCH3 is 1. The Morgan fingerprint density at radius 1 is 1.44 bits per heavy atom. The molecule has 0 saturated carbocycles. The Morgan fingerprint density at radius 3 is 2.94 bits per heavy atom. The van der Waals surface area contributed by atoms with Crippen molar-refractivity contribution in [3.05, 3.63) is 22.7 Å². The second-order valence-corrected chi connectivity index (χ2v) is 5.34. The minimum atomic E-state index is 0.494. The van der Waals surface area contributed by atoms with Crippen LogP contribution in [-0.4, -0.2) is 32.8 Å². The number of halogens is 1. The molecule has 1 saturated heterocycles. The highest BCUT2D eigenvalue weighted by molar-refractivity contribution is 6.31. The number of rotatable bonds is 2. The van der Waals surface area contributed by atoms with Crippen LogP contribution in [0.15, 0.2) is 12.1 Å². The van der Waals surface area contributed by atoms with E-state index in [2.05, 4.69) is 23.2 Å². The lowest BCUT2D eigenvalue weighted by molar-refractivity contribution is 0.414. The zero-order valence-corrected chi connectivity index (χ0v) is 12.0. The van der Waals surface area contributed by atoms with Gasteiger partial charge in [-0.2, -0.15) is 0 Å². The number of aryl methyl sites for hydroxylation is 1. The summed E-state index contributed by atoms with van der Waals surface area (Å²) in [5, 5.41) is 4.26. The summed E-state index contributed by atoms with van der Waals surface area (Å²) in [5.74, 6) is 0.861. The average Bonchev–Trinajstić information content (AvgIpc) is 2.56. The molecular weight excluding hydrogens is 248 g/mol. The zero-order valence-electron chi connectivity index (χ0n) is 11.3. The quantitative estimate of drug-likeness (QED) is 0.893. The van der Waals surface area contributed by atoms with Crippen LogP contribution in [0.2, 0.25) is 5.02 Å². The molecule has 1 N–H and O–H groups in total. The molecule has 0 bridgehead atoms. The van der Waals surface area contributed by atoms with E-state index in [4.69, 9.17) is 16.3 Å². The highest BCUT2D eigenvalue weighted by atomic mass is 35.5. The molecule has 1 atom stereocenters. The van der Waals surface area contributed by atoms with Crippen molar-refractivity contribution in [1.29, 1.82) is 0 Å².